The van der Waals surface area contributed by atoms with Crippen molar-refractivity contribution in [1.82, 2.24) is 9.38 Å². The van der Waals surface area contributed by atoms with Crippen LogP contribution in [0.2, 0.25) is 0 Å². The number of alkyl halides is 1. The minimum atomic E-state index is -0.711. The van der Waals surface area contributed by atoms with E-state index in [0.717, 1.165) is 15.4 Å². The van der Waals surface area contributed by atoms with Gasteiger partial charge in [-0.2, -0.15) is 0 Å². The predicted octanol–water partition coefficient (Wildman–Crippen LogP) is 1.71. The Balaban J connectivity index is 2.17. The minimum absolute atomic E-state index is 0.0158. The molecule has 1 N–H and O–H groups in total. The van der Waals surface area contributed by atoms with Crippen LogP contribution in [0, 0.1) is 0 Å². The van der Waals surface area contributed by atoms with Crippen molar-refractivity contribution in [3.8, 4) is 0 Å². The molecule has 3 rings (SSSR count). The second-order valence-electron chi connectivity index (χ2n) is 3.53. The summed E-state index contributed by atoms with van der Waals surface area (Å²) in [5.74, 6) is 0.0158. The van der Waals surface area contributed by atoms with Crippen LogP contribution in [0.4, 0.5) is 4.39 Å². The molecule has 0 unspecified atom stereocenters. The molecule has 2 heterocycles. The van der Waals surface area contributed by atoms with Gasteiger partial charge in [-0.3, -0.25) is 4.40 Å². The highest BCUT2D eigenvalue weighted by molar-refractivity contribution is 7.17. The molecule has 1 saturated carbocycles. The largest absolute Gasteiger partial charge is 0.390 e. The zero-order valence-corrected chi connectivity index (χ0v) is 8.17. The number of halogens is 1. The van der Waals surface area contributed by atoms with Crippen molar-refractivity contribution < 1.29 is 9.50 Å². The van der Waals surface area contributed by atoms with E-state index in [1.807, 2.05) is 4.40 Å². The number of fused-ring (bicyclic) bond motifs is 1. The van der Waals surface area contributed by atoms with Crippen LogP contribution in [0.1, 0.15) is 22.9 Å². The van der Waals surface area contributed by atoms with Crippen LogP contribution in [0.15, 0.2) is 12.5 Å². The maximum Gasteiger partial charge on any atom is 0.120 e. The first-order valence-corrected chi connectivity index (χ1v) is 5.31. The molecule has 0 spiro atoms. The summed E-state index contributed by atoms with van der Waals surface area (Å²) in [5.41, 5.74) is 0.799. The molecule has 2 atom stereocenters. The second kappa shape index (κ2) is 2.77. The molecular formula is C9H9FN2OS. The Morgan fingerprint density at radius 3 is 3.14 bits per heavy atom. The first-order chi connectivity index (χ1) is 6.81. The molecule has 2 aromatic heterocycles. The maximum absolute atomic E-state index is 12.9. The molecule has 0 amide bonds. The molecule has 74 valence electrons. The smallest absolute Gasteiger partial charge is 0.120 e. The molecule has 3 nitrogen and oxygen atoms in total. The van der Waals surface area contributed by atoms with E-state index < -0.39 is 6.17 Å². The lowest BCUT2D eigenvalue weighted by Gasteiger charge is -1.97. The van der Waals surface area contributed by atoms with Gasteiger partial charge in [-0.25, -0.2) is 9.37 Å². The third kappa shape index (κ3) is 1.02. The van der Waals surface area contributed by atoms with Crippen LogP contribution >= 0.6 is 11.3 Å². The highest BCUT2D eigenvalue weighted by Crippen LogP contribution is 2.47. The van der Waals surface area contributed by atoms with Crippen LogP contribution in [-0.2, 0) is 6.61 Å². The Labute approximate surface area is 83.8 Å². The lowest BCUT2D eigenvalue weighted by atomic mass is 10.3. The molecule has 0 saturated heterocycles. The predicted molar refractivity (Wildman–Crippen MR) is 51.2 cm³/mol. The van der Waals surface area contributed by atoms with Gasteiger partial charge in [-0.1, -0.05) is 0 Å². The van der Waals surface area contributed by atoms with Gasteiger partial charge in [0.2, 0.25) is 0 Å². The van der Waals surface area contributed by atoms with Crippen molar-refractivity contribution in [2.75, 3.05) is 0 Å². The fourth-order valence-corrected chi connectivity index (χ4v) is 3.00. The number of aromatic nitrogens is 2. The molecular weight excluding hydrogens is 203 g/mol. The number of aliphatic hydroxyl groups excluding tert-OH is 1. The van der Waals surface area contributed by atoms with E-state index in [1.165, 1.54) is 11.3 Å². The van der Waals surface area contributed by atoms with Gasteiger partial charge in [0.05, 0.1) is 18.5 Å². The van der Waals surface area contributed by atoms with Crippen LogP contribution in [0.5, 0.6) is 0 Å². The van der Waals surface area contributed by atoms with Crippen molar-refractivity contribution in [1.29, 1.82) is 0 Å². The Bertz CT molecular complexity index is 478. The summed E-state index contributed by atoms with van der Waals surface area (Å²) in [5, 5.41) is 9.22. The first-order valence-electron chi connectivity index (χ1n) is 4.50. The summed E-state index contributed by atoms with van der Waals surface area (Å²) in [6.45, 7) is -0.0467. The summed E-state index contributed by atoms with van der Waals surface area (Å²) in [7, 11) is 0. The Morgan fingerprint density at radius 2 is 2.50 bits per heavy atom. The van der Waals surface area contributed by atoms with Crippen molar-refractivity contribution in [3.05, 3.63) is 23.1 Å². The van der Waals surface area contributed by atoms with Gasteiger partial charge in [-0.05, 0) is 6.42 Å². The standard InChI is InChI=1S/C9H9FN2OS/c10-6-1-5(6)9-7(3-13)12-4-11-2-8(12)14-9/h2,4-6,13H,1,3H2/t5-,6+/m1/s1. The topological polar surface area (TPSA) is 37.5 Å². The van der Waals surface area contributed by atoms with Crippen molar-refractivity contribution in [3.63, 3.8) is 0 Å². The summed E-state index contributed by atoms with van der Waals surface area (Å²) in [6, 6.07) is 0. The maximum atomic E-state index is 12.9. The van der Waals surface area contributed by atoms with Gasteiger partial charge in [0.15, 0.2) is 0 Å². The number of nitrogens with zero attached hydrogens (tertiary/aromatic N) is 2. The first kappa shape index (κ1) is 8.38. The minimum Gasteiger partial charge on any atom is -0.390 e. The van der Waals surface area contributed by atoms with E-state index >= 15 is 0 Å². The van der Waals surface area contributed by atoms with Crippen molar-refractivity contribution in [2.45, 2.75) is 25.1 Å². The molecule has 2 aromatic rings. The van der Waals surface area contributed by atoms with Crippen LogP contribution < -0.4 is 0 Å². The molecule has 0 aromatic carbocycles. The number of imidazole rings is 1. The van der Waals surface area contributed by atoms with E-state index in [9.17, 15) is 9.50 Å². The zero-order valence-electron chi connectivity index (χ0n) is 7.35. The quantitative estimate of drug-likeness (QED) is 0.823. The van der Waals surface area contributed by atoms with Gasteiger partial charge in [0.1, 0.15) is 17.3 Å². The lowest BCUT2D eigenvalue weighted by Crippen LogP contribution is -1.94. The molecule has 0 bridgehead atoms. The van der Waals surface area contributed by atoms with Crippen LogP contribution in [-0.4, -0.2) is 20.7 Å². The monoisotopic (exact) mass is 212 g/mol. The number of hydrogen-bond acceptors (Lipinski definition) is 3. The van der Waals surface area contributed by atoms with Gasteiger partial charge in [-0.15, -0.1) is 11.3 Å². The highest BCUT2D eigenvalue weighted by atomic mass is 32.1. The number of thiazole rings is 1. The van der Waals surface area contributed by atoms with Gasteiger partial charge in [0, 0.05) is 10.8 Å². The fraction of sp³-hybridized carbons (Fsp3) is 0.444. The van der Waals surface area contributed by atoms with Crippen LogP contribution in [0.25, 0.3) is 4.83 Å². The average Bonchev–Trinajstić information content (AvgIpc) is 2.64. The van der Waals surface area contributed by atoms with E-state index in [4.69, 9.17) is 0 Å². The Morgan fingerprint density at radius 1 is 1.71 bits per heavy atom. The van der Waals surface area contributed by atoms with Gasteiger partial charge in [0.25, 0.3) is 0 Å². The van der Waals surface area contributed by atoms with Crippen LogP contribution in [0.3, 0.4) is 0 Å². The second-order valence-corrected chi connectivity index (χ2v) is 4.59. The number of aliphatic hydroxyl groups is 1. The van der Waals surface area contributed by atoms with Crippen molar-refractivity contribution in [2.24, 2.45) is 0 Å². The highest BCUT2D eigenvalue weighted by Gasteiger charge is 2.41. The molecule has 14 heavy (non-hydrogen) atoms. The molecule has 1 fully saturated rings. The van der Waals surface area contributed by atoms with E-state index in [1.54, 1.807) is 12.5 Å². The molecule has 0 aliphatic heterocycles. The molecule has 1 aliphatic rings. The van der Waals surface area contributed by atoms with Gasteiger partial charge < -0.3 is 5.11 Å². The summed E-state index contributed by atoms with van der Waals surface area (Å²) in [4.78, 5) is 5.94. The summed E-state index contributed by atoms with van der Waals surface area (Å²) in [6.07, 6.45) is 3.29. The third-order valence-electron chi connectivity index (χ3n) is 2.59. The molecule has 1 aliphatic carbocycles. The Hall–Kier alpha value is -0.940. The summed E-state index contributed by atoms with van der Waals surface area (Å²) < 4.78 is 14.8. The lowest BCUT2D eigenvalue weighted by molar-refractivity contribution is 0.274. The number of rotatable bonds is 2. The normalized spacial score (nSPS) is 25.9. The molecule has 0 radical (unpaired) electrons. The zero-order chi connectivity index (χ0) is 9.71. The van der Waals surface area contributed by atoms with Crippen molar-refractivity contribution >= 4 is 16.2 Å². The summed E-state index contributed by atoms with van der Waals surface area (Å²) >= 11 is 1.53. The number of hydrogen-bond donors (Lipinski definition) is 1. The van der Waals surface area contributed by atoms with E-state index in [0.29, 0.717) is 6.42 Å². The average molecular weight is 212 g/mol. The van der Waals surface area contributed by atoms with E-state index in [2.05, 4.69) is 4.98 Å². The SMILES string of the molecule is OCc1c([C@@H]2C[C@@H]2F)sc2cncn12. The third-order valence-corrected chi connectivity index (χ3v) is 3.86. The fourth-order valence-electron chi connectivity index (χ4n) is 1.73. The molecule has 5 heteroatoms. The van der Waals surface area contributed by atoms with Gasteiger partial charge >= 0.3 is 0 Å². The van der Waals surface area contributed by atoms with E-state index in [-0.39, 0.29) is 12.5 Å². The Kier molecular flexibility index (Phi) is 1.66.